The molecule has 1 aliphatic carbocycles. The molecule has 1 N–H and O–H groups in total. The van der Waals surface area contributed by atoms with E-state index < -0.39 is 12.3 Å². The number of hydrogen-bond donors (Lipinski definition) is 1. The second kappa shape index (κ2) is 7.02. The molecule has 0 radical (unpaired) electrons. The van der Waals surface area contributed by atoms with E-state index in [0.717, 1.165) is 0 Å². The van der Waals surface area contributed by atoms with Crippen LogP contribution in [0.2, 0.25) is 0 Å². The summed E-state index contributed by atoms with van der Waals surface area (Å²) in [6, 6.07) is 1.53. The number of nitrogens with zero attached hydrogens (tertiary/aromatic N) is 4. The summed E-state index contributed by atoms with van der Waals surface area (Å²) in [6.45, 7) is 1.78. The number of alkyl halides is 2. The molecule has 24 heavy (non-hydrogen) atoms. The van der Waals surface area contributed by atoms with Gasteiger partial charge >= 0.3 is 0 Å². The maximum absolute atomic E-state index is 12.7. The van der Waals surface area contributed by atoms with E-state index in [1.54, 1.807) is 36.3 Å². The molecule has 1 saturated carbocycles. The maximum atomic E-state index is 12.7. The van der Waals surface area contributed by atoms with Crippen molar-refractivity contribution in [1.29, 1.82) is 0 Å². The van der Waals surface area contributed by atoms with Gasteiger partial charge in [0.05, 0.1) is 0 Å². The molecule has 0 aromatic carbocycles. The Hall–Kier alpha value is -2.38. The summed E-state index contributed by atoms with van der Waals surface area (Å²) in [5.41, 5.74) is 0.933. The highest BCUT2D eigenvalue weighted by Gasteiger charge is 2.28. The molecular formula is C16H19F2N5O. The molecule has 2 aromatic rings. The van der Waals surface area contributed by atoms with Gasteiger partial charge < -0.3 is 5.32 Å². The van der Waals surface area contributed by atoms with E-state index in [1.807, 2.05) is 0 Å². The van der Waals surface area contributed by atoms with Crippen LogP contribution in [0.15, 0.2) is 24.8 Å². The first-order chi connectivity index (χ1) is 11.5. The predicted molar refractivity (Wildman–Crippen MR) is 83.1 cm³/mol. The van der Waals surface area contributed by atoms with Gasteiger partial charge in [-0.15, -0.1) is 0 Å². The normalized spacial score (nSPS) is 21.0. The van der Waals surface area contributed by atoms with E-state index in [2.05, 4.69) is 20.3 Å². The first-order valence-electron chi connectivity index (χ1n) is 7.96. The SMILES string of the molecule is Cc1cc(C(=O)NC2CCC(C(F)F)CC2)nc(-n2ccnc2)n1. The lowest BCUT2D eigenvalue weighted by atomic mass is 9.86. The van der Waals surface area contributed by atoms with Gasteiger partial charge in [-0.05, 0) is 38.7 Å². The van der Waals surface area contributed by atoms with E-state index in [9.17, 15) is 13.6 Å². The van der Waals surface area contributed by atoms with Crippen LogP contribution in [0, 0.1) is 12.8 Å². The van der Waals surface area contributed by atoms with Gasteiger partial charge in [-0.3, -0.25) is 9.36 Å². The third-order valence-corrected chi connectivity index (χ3v) is 4.27. The molecule has 8 heteroatoms. The molecule has 2 heterocycles. The van der Waals surface area contributed by atoms with Gasteiger partial charge in [0.25, 0.3) is 5.91 Å². The Kier molecular flexibility index (Phi) is 4.82. The summed E-state index contributed by atoms with van der Waals surface area (Å²) in [6.07, 6.45) is 4.59. The minimum absolute atomic E-state index is 0.0838. The summed E-state index contributed by atoms with van der Waals surface area (Å²) < 4.78 is 27.0. The number of amides is 1. The number of aryl methyl sites for hydroxylation is 1. The fourth-order valence-electron chi connectivity index (χ4n) is 2.94. The lowest BCUT2D eigenvalue weighted by Gasteiger charge is -2.28. The topological polar surface area (TPSA) is 72.7 Å². The Bertz CT molecular complexity index is 696. The third-order valence-electron chi connectivity index (χ3n) is 4.27. The highest BCUT2D eigenvalue weighted by atomic mass is 19.3. The van der Waals surface area contributed by atoms with Crippen LogP contribution >= 0.6 is 0 Å². The summed E-state index contributed by atoms with van der Waals surface area (Å²) in [5, 5.41) is 2.90. The molecule has 6 nitrogen and oxygen atoms in total. The van der Waals surface area contributed by atoms with Crippen LogP contribution in [-0.4, -0.2) is 37.9 Å². The van der Waals surface area contributed by atoms with Crippen molar-refractivity contribution in [1.82, 2.24) is 24.8 Å². The Balaban J connectivity index is 1.67. The van der Waals surface area contributed by atoms with Crippen LogP contribution in [0.4, 0.5) is 8.78 Å². The van der Waals surface area contributed by atoms with Crippen molar-refractivity contribution in [2.24, 2.45) is 5.92 Å². The van der Waals surface area contributed by atoms with Crippen LogP contribution in [0.1, 0.15) is 41.9 Å². The highest BCUT2D eigenvalue weighted by molar-refractivity contribution is 5.92. The number of rotatable bonds is 4. The van der Waals surface area contributed by atoms with E-state index in [4.69, 9.17) is 0 Å². The predicted octanol–water partition coefficient (Wildman–Crippen LogP) is 2.52. The Morgan fingerprint density at radius 3 is 2.67 bits per heavy atom. The molecule has 3 rings (SSSR count). The molecule has 1 aliphatic rings. The minimum Gasteiger partial charge on any atom is -0.348 e. The van der Waals surface area contributed by atoms with Gasteiger partial charge in [0, 0.05) is 30.0 Å². The molecule has 0 bridgehead atoms. The molecule has 1 fully saturated rings. The zero-order valence-electron chi connectivity index (χ0n) is 13.3. The number of carbonyl (C=O) groups excluding carboxylic acids is 1. The first-order valence-corrected chi connectivity index (χ1v) is 7.96. The van der Waals surface area contributed by atoms with Gasteiger partial charge in [-0.25, -0.2) is 23.7 Å². The minimum atomic E-state index is -2.27. The van der Waals surface area contributed by atoms with Crippen LogP contribution in [-0.2, 0) is 0 Å². The van der Waals surface area contributed by atoms with Crippen LogP contribution in [0.3, 0.4) is 0 Å². The van der Waals surface area contributed by atoms with Crippen LogP contribution in [0.25, 0.3) is 5.95 Å². The number of nitrogens with one attached hydrogen (secondary N) is 1. The molecule has 128 valence electrons. The fraction of sp³-hybridized carbons (Fsp3) is 0.500. The van der Waals surface area contributed by atoms with Crippen molar-refractivity contribution in [3.05, 3.63) is 36.2 Å². The zero-order valence-corrected chi connectivity index (χ0v) is 13.3. The molecule has 0 unspecified atom stereocenters. The second-order valence-electron chi connectivity index (χ2n) is 6.08. The quantitative estimate of drug-likeness (QED) is 0.932. The van der Waals surface area contributed by atoms with Crippen LogP contribution in [0.5, 0.6) is 0 Å². The van der Waals surface area contributed by atoms with Gasteiger partial charge in [0.1, 0.15) is 12.0 Å². The zero-order chi connectivity index (χ0) is 17.1. The van der Waals surface area contributed by atoms with Gasteiger partial charge in [-0.1, -0.05) is 0 Å². The molecule has 0 spiro atoms. The molecular weight excluding hydrogens is 316 g/mol. The summed E-state index contributed by atoms with van der Waals surface area (Å²) >= 11 is 0. The van der Waals surface area contributed by atoms with Gasteiger partial charge in [0.15, 0.2) is 0 Å². The van der Waals surface area contributed by atoms with Crippen molar-refractivity contribution in [2.45, 2.75) is 45.1 Å². The Labute approximate surface area is 138 Å². The first kappa shape index (κ1) is 16.5. The van der Waals surface area contributed by atoms with Crippen molar-refractivity contribution in [2.75, 3.05) is 0 Å². The molecule has 1 amide bonds. The molecule has 0 saturated heterocycles. The summed E-state index contributed by atoms with van der Waals surface area (Å²) in [5.74, 6) is -0.478. The third kappa shape index (κ3) is 3.74. The highest BCUT2D eigenvalue weighted by Crippen LogP contribution is 2.29. The smallest absolute Gasteiger partial charge is 0.270 e. The van der Waals surface area contributed by atoms with E-state index in [-0.39, 0.29) is 17.6 Å². The number of imidazole rings is 1. The van der Waals surface area contributed by atoms with Gasteiger partial charge in [0.2, 0.25) is 12.4 Å². The number of halogens is 2. The van der Waals surface area contributed by atoms with E-state index in [1.165, 1.54) is 0 Å². The van der Waals surface area contributed by atoms with Crippen molar-refractivity contribution in [3.8, 4) is 5.95 Å². The van der Waals surface area contributed by atoms with Gasteiger partial charge in [-0.2, -0.15) is 0 Å². The monoisotopic (exact) mass is 335 g/mol. The standard InChI is InChI=1S/C16H19F2N5O/c1-10-8-13(22-16(20-10)23-7-6-19-9-23)15(24)21-12-4-2-11(3-5-12)14(17)18/h6-9,11-12,14H,2-5H2,1H3,(H,21,24). The van der Waals surface area contributed by atoms with Crippen molar-refractivity contribution < 1.29 is 13.6 Å². The van der Waals surface area contributed by atoms with E-state index >= 15 is 0 Å². The lowest BCUT2D eigenvalue weighted by Crippen LogP contribution is -2.39. The average Bonchev–Trinajstić information content (AvgIpc) is 3.09. The fourth-order valence-corrected chi connectivity index (χ4v) is 2.94. The maximum Gasteiger partial charge on any atom is 0.270 e. The second-order valence-corrected chi connectivity index (χ2v) is 6.08. The van der Waals surface area contributed by atoms with E-state index in [0.29, 0.717) is 37.3 Å². The number of hydrogen-bond acceptors (Lipinski definition) is 4. The van der Waals surface area contributed by atoms with Crippen molar-refractivity contribution >= 4 is 5.91 Å². The molecule has 0 atom stereocenters. The Morgan fingerprint density at radius 1 is 1.29 bits per heavy atom. The number of carbonyl (C=O) groups is 1. The molecule has 2 aromatic heterocycles. The largest absolute Gasteiger partial charge is 0.348 e. The summed E-state index contributed by atoms with van der Waals surface area (Å²) in [4.78, 5) is 24.9. The lowest BCUT2D eigenvalue weighted by molar-refractivity contribution is 0.0499. The number of aromatic nitrogens is 4. The average molecular weight is 335 g/mol. The van der Waals surface area contributed by atoms with Crippen LogP contribution < -0.4 is 5.32 Å². The Morgan fingerprint density at radius 2 is 2.04 bits per heavy atom. The van der Waals surface area contributed by atoms with Crippen molar-refractivity contribution in [3.63, 3.8) is 0 Å². The summed E-state index contributed by atoms with van der Waals surface area (Å²) in [7, 11) is 0. The molecule has 0 aliphatic heterocycles.